The van der Waals surface area contributed by atoms with Crippen LogP contribution in [0.25, 0.3) is 0 Å². The van der Waals surface area contributed by atoms with E-state index in [-0.39, 0.29) is 24.3 Å². The predicted molar refractivity (Wildman–Crippen MR) is 87.9 cm³/mol. The molecule has 0 N–H and O–H groups in total. The fourth-order valence-corrected chi connectivity index (χ4v) is 4.36. The predicted octanol–water partition coefficient (Wildman–Crippen LogP) is 2.38. The second-order valence-corrected chi connectivity index (χ2v) is 7.88. The van der Waals surface area contributed by atoms with E-state index in [1.807, 2.05) is 0 Å². The quantitative estimate of drug-likeness (QED) is 0.586. The lowest BCUT2D eigenvalue weighted by atomic mass is 10.2. The van der Waals surface area contributed by atoms with Crippen LogP contribution in [0.1, 0.15) is 18.4 Å². The molecule has 1 unspecified atom stereocenters. The van der Waals surface area contributed by atoms with Crippen molar-refractivity contribution in [3.8, 4) is 0 Å². The second kappa shape index (κ2) is 6.87. The van der Waals surface area contributed by atoms with Crippen molar-refractivity contribution < 1.29 is 31.9 Å². The van der Waals surface area contributed by atoms with Gasteiger partial charge in [0.15, 0.2) is 0 Å². The minimum absolute atomic E-state index is 0.169. The zero-order valence-corrected chi connectivity index (χ0v) is 14.4. The Labute approximate surface area is 149 Å². The number of esters is 2. The Bertz CT molecular complexity index is 924. The number of hydrogen-bond acceptors (Lipinski definition) is 6. The van der Waals surface area contributed by atoms with E-state index in [4.69, 9.17) is 9.47 Å². The number of sulfone groups is 1. The summed E-state index contributed by atoms with van der Waals surface area (Å²) < 4.78 is 49.1. The second-order valence-electron chi connectivity index (χ2n) is 5.75. The van der Waals surface area contributed by atoms with Crippen molar-refractivity contribution in [1.82, 2.24) is 0 Å². The zero-order valence-electron chi connectivity index (χ0n) is 13.6. The monoisotopic (exact) mass is 378 g/mol. The molecule has 1 aliphatic heterocycles. The van der Waals surface area contributed by atoms with E-state index in [1.165, 1.54) is 0 Å². The van der Waals surface area contributed by atoms with Crippen LogP contribution in [0.3, 0.4) is 0 Å². The Morgan fingerprint density at radius 1 is 1.12 bits per heavy atom. The van der Waals surface area contributed by atoms with E-state index >= 15 is 0 Å². The molecule has 1 aliphatic rings. The highest BCUT2D eigenvalue weighted by Gasteiger charge is 2.60. The molecule has 26 heavy (non-hydrogen) atoms. The molecular weight excluding hydrogens is 363 g/mol. The molecule has 8 heteroatoms. The van der Waals surface area contributed by atoms with Crippen LogP contribution in [0.2, 0.25) is 0 Å². The highest BCUT2D eigenvalue weighted by molar-refractivity contribution is 7.93. The summed E-state index contributed by atoms with van der Waals surface area (Å²) in [5, 5.41) is 0. The molecule has 0 saturated carbocycles. The van der Waals surface area contributed by atoms with Crippen molar-refractivity contribution in [2.75, 3.05) is 0 Å². The molecule has 1 atom stereocenters. The summed E-state index contributed by atoms with van der Waals surface area (Å²) in [5.74, 6) is -2.61. The normalized spacial score (nSPS) is 19.8. The van der Waals surface area contributed by atoms with E-state index in [9.17, 15) is 22.4 Å². The summed E-state index contributed by atoms with van der Waals surface area (Å²) in [4.78, 5) is 21.4. The van der Waals surface area contributed by atoms with Crippen molar-refractivity contribution >= 4 is 21.8 Å². The van der Waals surface area contributed by atoms with Gasteiger partial charge < -0.3 is 9.47 Å². The Morgan fingerprint density at radius 3 is 2.35 bits per heavy atom. The molecule has 3 rings (SSSR count). The van der Waals surface area contributed by atoms with Crippen molar-refractivity contribution in [1.29, 1.82) is 0 Å². The summed E-state index contributed by atoms with van der Waals surface area (Å²) in [6, 6.07) is 12.6. The number of carbonyl (C=O) groups is 2. The molecule has 1 heterocycles. The Balaban J connectivity index is 1.92. The molecule has 0 spiro atoms. The highest BCUT2D eigenvalue weighted by Crippen LogP contribution is 2.38. The fraction of sp³-hybridized carbons (Fsp3) is 0.222. The molecule has 0 radical (unpaired) electrons. The van der Waals surface area contributed by atoms with Gasteiger partial charge in [-0.1, -0.05) is 30.3 Å². The van der Waals surface area contributed by atoms with Gasteiger partial charge >= 0.3 is 16.9 Å². The van der Waals surface area contributed by atoms with Crippen LogP contribution in [0.4, 0.5) is 4.39 Å². The van der Waals surface area contributed by atoms with Gasteiger partial charge in [-0.05, 0) is 29.8 Å². The van der Waals surface area contributed by atoms with Gasteiger partial charge in [0, 0.05) is 6.42 Å². The molecule has 1 fully saturated rings. The molecule has 6 nitrogen and oxygen atoms in total. The van der Waals surface area contributed by atoms with E-state index < -0.39 is 32.5 Å². The third-order valence-electron chi connectivity index (χ3n) is 4.02. The number of halogens is 1. The highest BCUT2D eigenvalue weighted by atomic mass is 32.2. The molecule has 136 valence electrons. The molecule has 0 amide bonds. The van der Waals surface area contributed by atoms with E-state index in [0.29, 0.717) is 5.56 Å². The smallest absolute Gasteiger partial charge is 0.367 e. The van der Waals surface area contributed by atoms with Crippen LogP contribution >= 0.6 is 0 Å². The number of rotatable bonds is 5. The van der Waals surface area contributed by atoms with Crippen molar-refractivity contribution in [3.05, 3.63) is 66.0 Å². The first-order valence-electron chi connectivity index (χ1n) is 7.78. The maximum Gasteiger partial charge on any atom is 0.367 e. The standard InChI is InChI=1S/C18H15FO6S/c19-14-6-8-15(9-7-14)26(22,23)18(11-10-16(20)25-18)17(21)24-12-13-4-2-1-3-5-13/h1-9H,10-12H2. The minimum atomic E-state index is -4.44. The lowest BCUT2D eigenvalue weighted by Crippen LogP contribution is -2.47. The molecule has 2 aromatic rings. The molecule has 2 aromatic carbocycles. The maximum atomic E-state index is 13.1. The summed E-state index contributed by atoms with van der Waals surface area (Å²) in [6.45, 7) is -0.169. The van der Waals surface area contributed by atoms with Gasteiger partial charge in [-0.2, -0.15) is 0 Å². The lowest BCUT2D eigenvalue weighted by Gasteiger charge is -2.25. The molecule has 0 aromatic heterocycles. The molecule has 0 bridgehead atoms. The number of carbonyl (C=O) groups excluding carboxylic acids is 2. The molecule has 1 saturated heterocycles. The van der Waals surface area contributed by atoms with Gasteiger partial charge in [-0.15, -0.1) is 0 Å². The topological polar surface area (TPSA) is 86.7 Å². The molecular formula is C18H15FO6S. The Morgan fingerprint density at radius 2 is 1.77 bits per heavy atom. The maximum absolute atomic E-state index is 13.1. The third kappa shape index (κ3) is 3.20. The van der Waals surface area contributed by atoms with Gasteiger partial charge in [0.2, 0.25) is 9.84 Å². The van der Waals surface area contributed by atoms with E-state index in [1.54, 1.807) is 30.3 Å². The number of benzene rings is 2. The van der Waals surface area contributed by atoms with Crippen LogP contribution in [-0.4, -0.2) is 25.3 Å². The number of hydrogen-bond donors (Lipinski definition) is 0. The van der Waals surface area contributed by atoms with Crippen LogP contribution in [-0.2, 0) is 35.5 Å². The minimum Gasteiger partial charge on any atom is -0.457 e. The van der Waals surface area contributed by atoms with Gasteiger partial charge in [0.05, 0.1) is 11.3 Å². The fourth-order valence-electron chi connectivity index (χ4n) is 2.63. The van der Waals surface area contributed by atoms with Crippen LogP contribution in [0.5, 0.6) is 0 Å². The summed E-state index contributed by atoms with van der Waals surface area (Å²) >= 11 is 0. The third-order valence-corrected chi connectivity index (χ3v) is 6.23. The Hall–Kier alpha value is -2.74. The lowest BCUT2D eigenvalue weighted by molar-refractivity contribution is -0.166. The average molecular weight is 378 g/mol. The van der Waals surface area contributed by atoms with Crippen LogP contribution in [0, 0.1) is 5.82 Å². The van der Waals surface area contributed by atoms with E-state index in [0.717, 1.165) is 24.3 Å². The Kier molecular flexibility index (Phi) is 4.78. The SMILES string of the molecule is O=C1CCC(C(=O)OCc2ccccc2)(S(=O)(=O)c2ccc(F)cc2)O1. The summed E-state index contributed by atoms with van der Waals surface area (Å²) in [6.07, 6.45) is -0.597. The first-order valence-corrected chi connectivity index (χ1v) is 9.27. The van der Waals surface area contributed by atoms with Gasteiger partial charge in [0.1, 0.15) is 12.4 Å². The van der Waals surface area contributed by atoms with Gasteiger partial charge in [0.25, 0.3) is 0 Å². The zero-order chi connectivity index (χ0) is 18.8. The van der Waals surface area contributed by atoms with Gasteiger partial charge in [-0.3, -0.25) is 4.79 Å². The largest absolute Gasteiger partial charge is 0.457 e. The average Bonchev–Trinajstić information content (AvgIpc) is 3.05. The van der Waals surface area contributed by atoms with Crippen molar-refractivity contribution in [3.63, 3.8) is 0 Å². The summed E-state index contributed by atoms with van der Waals surface area (Å²) in [7, 11) is -4.44. The van der Waals surface area contributed by atoms with E-state index in [2.05, 4.69) is 0 Å². The number of cyclic esters (lactones) is 1. The number of ether oxygens (including phenoxy) is 2. The first-order chi connectivity index (χ1) is 12.3. The van der Waals surface area contributed by atoms with Crippen LogP contribution < -0.4 is 0 Å². The van der Waals surface area contributed by atoms with Crippen molar-refractivity contribution in [2.24, 2.45) is 0 Å². The summed E-state index contributed by atoms with van der Waals surface area (Å²) in [5.41, 5.74) is 0.652. The van der Waals surface area contributed by atoms with Crippen molar-refractivity contribution in [2.45, 2.75) is 29.3 Å². The van der Waals surface area contributed by atoms with Gasteiger partial charge in [-0.25, -0.2) is 17.6 Å². The molecule has 0 aliphatic carbocycles. The van der Waals surface area contributed by atoms with Crippen LogP contribution in [0.15, 0.2) is 59.5 Å². The first kappa shape index (κ1) is 18.1.